The molecule has 106 valence electrons. The van der Waals surface area contributed by atoms with Crippen molar-refractivity contribution in [1.82, 2.24) is 10.2 Å². The van der Waals surface area contributed by atoms with E-state index in [2.05, 4.69) is 41.4 Å². The van der Waals surface area contributed by atoms with E-state index in [0.717, 1.165) is 51.7 Å². The van der Waals surface area contributed by atoms with Gasteiger partial charge in [0.2, 0.25) is 0 Å². The van der Waals surface area contributed by atoms with Gasteiger partial charge in [0, 0.05) is 36.8 Å². The van der Waals surface area contributed by atoms with Gasteiger partial charge in [0.15, 0.2) is 0 Å². The highest BCUT2D eigenvalue weighted by molar-refractivity contribution is 7.99. The molecule has 0 spiro atoms. The monoisotopic (exact) mass is 280 g/mol. The zero-order valence-electron chi connectivity index (χ0n) is 11.7. The summed E-state index contributed by atoms with van der Waals surface area (Å²) in [6.07, 6.45) is 0. The van der Waals surface area contributed by atoms with Crippen LogP contribution in [0.1, 0.15) is 12.5 Å². The summed E-state index contributed by atoms with van der Waals surface area (Å²) in [5.41, 5.74) is 1.37. The van der Waals surface area contributed by atoms with Crippen LogP contribution in [0.15, 0.2) is 29.2 Å². The summed E-state index contributed by atoms with van der Waals surface area (Å²) in [6, 6.07) is 8.85. The molecule has 1 saturated heterocycles. The van der Waals surface area contributed by atoms with Crippen LogP contribution in [0.3, 0.4) is 0 Å². The van der Waals surface area contributed by atoms with Gasteiger partial charge in [0.05, 0.1) is 13.2 Å². The summed E-state index contributed by atoms with van der Waals surface area (Å²) in [4.78, 5) is 3.86. The zero-order valence-corrected chi connectivity index (χ0v) is 12.5. The molecule has 0 unspecified atom stereocenters. The van der Waals surface area contributed by atoms with E-state index in [-0.39, 0.29) is 0 Å². The molecule has 0 saturated carbocycles. The molecule has 2 rings (SSSR count). The Bertz CT molecular complexity index is 367. The summed E-state index contributed by atoms with van der Waals surface area (Å²) in [7, 11) is 0. The van der Waals surface area contributed by atoms with Crippen molar-refractivity contribution in [1.29, 1.82) is 0 Å². The van der Waals surface area contributed by atoms with E-state index in [9.17, 15) is 0 Å². The first-order valence-corrected chi connectivity index (χ1v) is 8.09. The molecular formula is C15H24N2OS. The molecule has 1 aliphatic rings. The van der Waals surface area contributed by atoms with Crippen LogP contribution < -0.4 is 5.32 Å². The number of nitrogens with zero attached hydrogens (tertiary/aromatic N) is 1. The van der Waals surface area contributed by atoms with Crippen molar-refractivity contribution in [2.24, 2.45) is 0 Å². The lowest BCUT2D eigenvalue weighted by Crippen LogP contribution is -2.37. The molecule has 0 bridgehead atoms. The first-order valence-electron chi connectivity index (χ1n) is 7.11. The number of nitrogens with one attached hydrogen (secondary N) is 1. The molecule has 19 heavy (non-hydrogen) atoms. The maximum atomic E-state index is 5.36. The Balaban J connectivity index is 1.72. The second-order valence-electron chi connectivity index (χ2n) is 4.73. The molecule has 1 fully saturated rings. The molecule has 4 heteroatoms. The first-order chi connectivity index (χ1) is 9.38. The predicted octanol–water partition coefficient (Wildman–Crippen LogP) is 2.22. The highest BCUT2D eigenvalue weighted by atomic mass is 32.2. The topological polar surface area (TPSA) is 24.5 Å². The Morgan fingerprint density at radius 3 is 2.95 bits per heavy atom. The van der Waals surface area contributed by atoms with Crippen molar-refractivity contribution in [3.05, 3.63) is 29.8 Å². The summed E-state index contributed by atoms with van der Waals surface area (Å²) in [5.74, 6) is 1.16. The molecule has 1 aromatic carbocycles. The van der Waals surface area contributed by atoms with E-state index in [1.54, 1.807) is 0 Å². The van der Waals surface area contributed by atoms with E-state index in [1.807, 2.05) is 11.8 Å². The van der Waals surface area contributed by atoms with Crippen molar-refractivity contribution in [2.75, 3.05) is 45.1 Å². The highest BCUT2D eigenvalue weighted by Gasteiger charge is 2.09. The van der Waals surface area contributed by atoms with Gasteiger partial charge in [-0.25, -0.2) is 0 Å². The van der Waals surface area contributed by atoms with Crippen molar-refractivity contribution >= 4 is 11.8 Å². The predicted molar refractivity (Wildman–Crippen MR) is 81.8 cm³/mol. The average Bonchev–Trinajstić information content (AvgIpc) is 2.47. The second-order valence-corrected chi connectivity index (χ2v) is 5.90. The Morgan fingerprint density at radius 2 is 2.16 bits per heavy atom. The third-order valence-electron chi connectivity index (χ3n) is 3.26. The lowest BCUT2D eigenvalue weighted by atomic mass is 10.2. The average molecular weight is 280 g/mol. The van der Waals surface area contributed by atoms with Crippen molar-refractivity contribution in [3.8, 4) is 0 Å². The molecule has 0 radical (unpaired) electrons. The summed E-state index contributed by atoms with van der Waals surface area (Å²) in [6.45, 7) is 9.24. The molecule has 0 atom stereocenters. The van der Waals surface area contributed by atoms with Gasteiger partial charge in [-0.05, 0) is 24.2 Å². The van der Waals surface area contributed by atoms with Crippen LogP contribution in [0.4, 0.5) is 0 Å². The van der Waals surface area contributed by atoms with Crippen molar-refractivity contribution in [3.63, 3.8) is 0 Å². The molecular weight excluding hydrogens is 256 g/mol. The normalized spacial score (nSPS) is 16.7. The van der Waals surface area contributed by atoms with Crippen LogP contribution in [0, 0.1) is 0 Å². The van der Waals surface area contributed by atoms with E-state index >= 15 is 0 Å². The molecule has 0 amide bonds. The van der Waals surface area contributed by atoms with Gasteiger partial charge in [-0.1, -0.05) is 19.1 Å². The first kappa shape index (κ1) is 14.9. The van der Waals surface area contributed by atoms with E-state index in [4.69, 9.17) is 4.74 Å². The minimum Gasteiger partial charge on any atom is -0.379 e. The van der Waals surface area contributed by atoms with Gasteiger partial charge in [0.25, 0.3) is 0 Å². The number of ether oxygens (including phenoxy) is 1. The number of hydrogen-bond donors (Lipinski definition) is 1. The van der Waals surface area contributed by atoms with Gasteiger partial charge < -0.3 is 10.1 Å². The minimum absolute atomic E-state index is 0.892. The lowest BCUT2D eigenvalue weighted by Gasteiger charge is -2.26. The number of thioether (sulfide) groups is 1. The number of morpholine rings is 1. The van der Waals surface area contributed by atoms with E-state index < -0.39 is 0 Å². The molecule has 1 aromatic rings. The van der Waals surface area contributed by atoms with Crippen LogP contribution in [0.2, 0.25) is 0 Å². The van der Waals surface area contributed by atoms with Gasteiger partial charge >= 0.3 is 0 Å². The maximum Gasteiger partial charge on any atom is 0.0594 e. The fraction of sp³-hybridized carbons (Fsp3) is 0.600. The second kappa shape index (κ2) is 8.59. The fourth-order valence-corrected chi connectivity index (χ4v) is 3.13. The van der Waals surface area contributed by atoms with E-state index in [0.29, 0.717) is 0 Å². The number of benzene rings is 1. The Morgan fingerprint density at radius 1 is 1.32 bits per heavy atom. The third-order valence-corrected chi connectivity index (χ3v) is 4.23. The Kier molecular flexibility index (Phi) is 6.71. The fourth-order valence-electron chi connectivity index (χ4n) is 2.13. The molecule has 0 aliphatic carbocycles. The quantitative estimate of drug-likeness (QED) is 0.774. The minimum atomic E-state index is 0.892. The molecule has 3 nitrogen and oxygen atoms in total. The molecule has 0 aromatic heterocycles. The van der Waals surface area contributed by atoms with E-state index in [1.165, 1.54) is 10.5 Å². The maximum absolute atomic E-state index is 5.36. The summed E-state index contributed by atoms with van der Waals surface area (Å²) in [5, 5.41) is 3.37. The summed E-state index contributed by atoms with van der Waals surface area (Å²) < 4.78 is 5.36. The van der Waals surface area contributed by atoms with Crippen LogP contribution in [0.5, 0.6) is 0 Å². The van der Waals surface area contributed by atoms with Crippen molar-refractivity contribution < 1.29 is 4.74 Å². The molecule has 1 aliphatic heterocycles. The van der Waals surface area contributed by atoms with Gasteiger partial charge in [-0.3, -0.25) is 4.90 Å². The van der Waals surface area contributed by atoms with Gasteiger partial charge in [0.1, 0.15) is 0 Å². The van der Waals surface area contributed by atoms with Crippen molar-refractivity contribution in [2.45, 2.75) is 18.4 Å². The zero-order chi connectivity index (χ0) is 13.3. The van der Waals surface area contributed by atoms with Crippen LogP contribution in [-0.4, -0.2) is 50.0 Å². The largest absolute Gasteiger partial charge is 0.379 e. The number of hydrogen-bond acceptors (Lipinski definition) is 4. The van der Waals surface area contributed by atoms with Crippen LogP contribution in [0.25, 0.3) is 0 Å². The highest BCUT2D eigenvalue weighted by Crippen LogP contribution is 2.19. The number of rotatable bonds is 7. The third kappa shape index (κ3) is 5.53. The lowest BCUT2D eigenvalue weighted by molar-refractivity contribution is 0.0410. The van der Waals surface area contributed by atoms with Crippen LogP contribution >= 0.6 is 11.8 Å². The Hall–Kier alpha value is -0.550. The molecule has 1 heterocycles. The van der Waals surface area contributed by atoms with Gasteiger partial charge in [-0.2, -0.15) is 0 Å². The molecule has 1 N–H and O–H groups in total. The van der Waals surface area contributed by atoms with Gasteiger partial charge in [-0.15, -0.1) is 11.8 Å². The SMILES string of the molecule is CCNCc1cccc(SCCN2CCOCC2)c1. The standard InChI is InChI=1S/C15H24N2OS/c1-2-16-13-14-4-3-5-15(12-14)19-11-8-17-6-9-18-10-7-17/h3-5,12,16H,2,6-11,13H2,1H3. The smallest absolute Gasteiger partial charge is 0.0594 e. The Labute approximate surface area is 120 Å². The summed E-state index contributed by atoms with van der Waals surface area (Å²) >= 11 is 1.95. The van der Waals surface area contributed by atoms with Crippen LogP contribution in [-0.2, 0) is 11.3 Å².